The van der Waals surface area contributed by atoms with Crippen LogP contribution < -0.4 is 5.32 Å². The van der Waals surface area contributed by atoms with Crippen molar-refractivity contribution in [2.75, 3.05) is 6.54 Å². The topological polar surface area (TPSA) is 49.3 Å². The van der Waals surface area contributed by atoms with Gasteiger partial charge in [-0.2, -0.15) is 0 Å². The number of carboxylic acids is 1. The average Bonchev–Trinajstić information content (AvgIpc) is 1.87. The Labute approximate surface area is 60.7 Å². The van der Waals surface area contributed by atoms with Crippen molar-refractivity contribution in [2.24, 2.45) is 0 Å². The minimum Gasteiger partial charge on any atom is -0.481 e. The summed E-state index contributed by atoms with van der Waals surface area (Å²) in [5, 5.41) is 11.2. The molecule has 0 aliphatic carbocycles. The van der Waals surface area contributed by atoms with E-state index in [1.807, 2.05) is 19.9 Å². The predicted molar refractivity (Wildman–Crippen MR) is 39.7 cm³/mol. The van der Waals surface area contributed by atoms with Crippen molar-refractivity contribution in [3.05, 3.63) is 11.8 Å². The first-order valence-electron chi connectivity index (χ1n) is 3.25. The van der Waals surface area contributed by atoms with E-state index in [0.29, 0.717) is 6.54 Å². The molecule has 58 valence electrons. The zero-order valence-corrected chi connectivity index (χ0v) is 6.35. The lowest BCUT2D eigenvalue weighted by atomic mass is 10.4. The second kappa shape index (κ2) is 4.85. The summed E-state index contributed by atoms with van der Waals surface area (Å²) >= 11 is 0. The maximum Gasteiger partial charge on any atom is 0.305 e. The maximum atomic E-state index is 10.0. The van der Waals surface area contributed by atoms with Gasteiger partial charge in [0.05, 0.1) is 6.42 Å². The van der Waals surface area contributed by atoms with E-state index >= 15 is 0 Å². The zero-order chi connectivity index (χ0) is 7.98. The summed E-state index contributed by atoms with van der Waals surface area (Å²) in [7, 11) is 0. The number of carboxylic acid groups (broad SMARTS) is 1. The molecular formula is C7H13NO2. The van der Waals surface area contributed by atoms with Crippen LogP contribution in [0.5, 0.6) is 0 Å². The van der Waals surface area contributed by atoms with Crippen molar-refractivity contribution >= 4 is 5.97 Å². The summed E-state index contributed by atoms with van der Waals surface area (Å²) in [6, 6.07) is 0. The van der Waals surface area contributed by atoms with Crippen LogP contribution in [0.3, 0.4) is 0 Å². The van der Waals surface area contributed by atoms with Gasteiger partial charge in [-0.25, -0.2) is 0 Å². The lowest BCUT2D eigenvalue weighted by Gasteiger charge is -2.01. The maximum absolute atomic E-state index is 10.0. The van der Waals surface area contributed by atoms with Crippen molar-refractivity contribution in [3.8, 4) is 0 Å². The number of nitrogens with one attached hydrogen (secondary N) is 1. The van der Waals surface area contributed by atoms with Crippen LogP contribution in [-0.4, -0.2) is 17.6 Å². The van der Waals surface area contributed by atoms with Crippen molar-refractivity contribution in [1.82, 2.24) is 5.32 Å². The number of hydrogen-bond acceptors (Lipinski definition) is 2. The highest BCUT2D eigenvalue weighted by Gasteiger charge is 1.93. The summed E-state index contributed by atoms with van der Waals surface area (Å²) in [4.78, 5) is 10.0. The average molecular weight is 143 g/mol. The van der Waals surface area contributed by atoms with E-state index in [9.17, 15) is 4.79 Å². The van der Waals surface area contributed by atoms with Crippen molar-refractivity contribution in [3.63, 3.8) is 0 Å². The number of carbonyl (C=O) groups is 1. The van der Waals surface area contributed by atoms with Crippen molar-refractivity contribution < 1.29 is 9.90 Å². The molecular weight excluding hydrogens is 130 g/mol. The second-order valence-electron chi connectivity index (χ2n) is 2.04. The molecule has 0 amide bonds. The summed E-state index contributed by atoms with van der Waals surface area (Å²) in [5.41, 5.74) is 1.02. The van der Waals surface area contributed by atoms with E-state index in [-0.39, 0.29) is 6.42 Å². The van der Waals surface area contributed by atoms with Crippen LogP contribution in [0.2, 0.25) is 0 Å². The highest BCUT2D eigenvalue weighted by molar-refractivity contribution is 5.66. The molecule has 0 aromatic rings. The van der Waals surface area contributed by atoms with Crippen LogP contribution in [0.1, 0.15) is 20.3 Å². The van der Waals surface area contributed by atoms with Gasteiger partial charge in [-0.15, -0.1) is 0 Å². The minimum absolute atomic E-state index is 0.172. The first kappa shape index (κ1) is 9.01. The van der Waals surface area contributed by atoms with E-state index in [1.165, 1.54) is 0 Å². The number of hydrogen-bond donors (Lipinski definition) is 2. The van der Waals surface area contributed by atoms with Gasteiger partial charge in [-0.1, -0.05) is 6.08 Å². The van der Waals surface area contributed by atoms with Gasteiger partial charge in [0, 0.05) is 12.2 Å². The molecule has 0 saturated heterocycles. The molecule has 0 fully saturated rings. The minimum atomic E-state index is -0.767. The highest BCUT2D eigenvalue weighted by Crippen LogP contribution is 1.84. The Morgan fingerprint density at radius 3 is 2.70 bits per heavy atom. The number of aliphatic carboxylic acids is 1. The summed E-state index contributed by atoms with van der Waals surface area (Å²) in [5.74, 6) is -0.767. The van der Waals surface area contributed by atoms with Gasteiger partial charge < -0.3 is 10.4 Å². The van der Waals surface area contributed by atoms with Crippen LogP contribution in [0.4, 0.5) is 0 Å². The van der Waals surface area contributed by atoms with E-state index in [0.717, 1.165) is 5.70 Å². The van der Waals surface area contributed by atoms with Crippen LogP contribution in [0, 0.1) is 0 Å². The standard InChI is InChI=1S/C7H13NO2/c1-3-6(2)8-5-4-7(9)10/h3,8H,4-5H2,1-2H3,(H,9,10)/b6-3+. The summed E-state index contributed by atoms with van der Waals surface area (Å²) < 4.78 is 0. The van der Waals surface area contributed by atoms with E-state index < -0.39 is 5.97 Å². The van der Waals surface area contributed by atoms with Crippen LogP contribution >= 0.6 is 0 Å². The molecule has 0 aromatic heterocycles. The van der Waals surface area contributed by atoms with Crippen molar-refractivity contribution in [1.29, 1.82) is 0 Å². The largest absolute Gasteiger partial charge is 0.481 e. The Kier molecular flexibility index (Phi) is 4.37. The Balaban J connectivity index is 3.29. The molecule has 0 bridgehead atoms. The highest BCUT2D eigenvalue weighted by atomic mass is 16.4. The third kappa shape index (κ3) is 5.15. The number of rotatable bonds is 4. The molecule has 3 nitrogen and oxygen atoms in total. The fraction of sp³-hybridized carbons (Fsp3) is 0.571. The van der Waals surface area contributed by atoms with Gasteiger partial charge >= 0.3 is 5.97 Å². The molecule has 0 radical (unpaired) electrons. The Morgan fingerprint density at radius 1 is 1.70 bits per heavy atom. The first-order valence-corrected chi connectivity index (χ1v) is 3.25. The van der Waals surface area contributed by atoms with Crippen molar-refractivity contribution in [2.45, 2.75) is 20.3 Å². The van der Waals surface area contributed by atoms with Crippen LogP contribution in [0.25, 0.3) is 0 Å². The third-order valence-corrected chi connectivity index (χ3v) is 1.18. The Bertz CT molecular complexity index is 141. The fourth-order valence-electron chi connectivity index (χ4n) is 0.469. The van der Waals surface area contributed by atoms with Gasteiger partial charge in [-0.3, -0.25) is 4.79 Å². The molecule has 0 unspecified atom stereocenters. The molecule has 0 aromatic carbocycles. The predicted octanol–water partition coefficient (Wildman–Crippen LogP) is 0.974. The number of allylic oxidation sites excluding steroid dienone is 2. The molecule has 0 atom stereocenters. The smallest absolute Gasteiger partial charge is 0.305 e. The first-order chi connectivity index (χ1) is 4.66. The molecule has 0 aliphatic rings. The molecule has 0 saturated carbocycles. The monoisotopic (exact) mass is 143 g/mol. The molecule has 10 heavy (non-hydrogen) atoms. The van der Waals surface area contributed by atoms with E-state index in [1.54, 1.807) is 0 Å². The van der Waals surface area contributed by atoms with Gasteiger partial charge in [0.1, 0.15) is 0 Å². The lowest BCUT2D eigenvalue weighted by molar-refractivity contribution is -0.136. The van der Waals surface area contributed by atoms with Gasteiger partial charge in [-0.05, 0) is 13.8 Å². The summed E-state index contributed by atoms with van der Waals surface area (Å²) in [6.07, 6.45) is 2.08. The van der Waals surface area contributed by atoms with Crippen LogP contribution in [-0.2, 0) is 4.79 Å². The molecule has 0 rings (SSSR count). The van der Waals surface area contributed by atoms with Crippen LogP contribution in [0.15, 0.2) is 11.8 Å². The van der Waals surface area contributed by atoms with E-state index in [4.69, 9.17) is 5.11 Å². The molecule has 0 heterocycles. The third-order valence-electron chi connectivity index (χ3n) is 1.18. The Morgan fingerprint density at radius 2 is 2.30 bits per heavy atom. The normalized spacial score (nSPS) is 11.2. The van der Waals surface area contributed by atoms with Gasteiger partial charge in [0.25, 0.3) is 0 Å². The quantitative estimate of drug-likeness (QED) is 0.616. The van der Waals surface area contributed by atoms with Gasteiger partial charge in [0.15, 0.2) is 0 Å². The lowest BCUT2D eigenvalue weighted by Crippen LogP contribution is -2.15. The molecule has 0 aliphatic heterocycles. The molecule has 0 spiro atoms. The molecule has 2 N–H and O–H groups in total. The second-order valence-corrected chi connectivity index (χ2v) is 2.04. The zero-order valence-electron chi connectivity index (χ0n) is 6.35. The fourth-order valence-corrected chi connectivity index (χ4v) is 0.469. The van der Waals surface area contributed by atoms with E-state index in [2.05, 4.69) is 5.32 Å². The van der Waals surface area contributed by atoms with Gasteiger partial charge in [0.2, 0.25) is 0 Å². The summed E-state index contributed by atoms with van der Waals surface area (Å²) in [6.45, 7) is 4.32. The Hall–Kier alpha value is -0.990. The SMILES string of the molecule is C/C=C(\C)NCCC(=O)O. The molecule has 3 heteroatoms.